The molecule has 2 heterocycles. The Kier molecular flexibility index (Phi) is 6.26. The number of halogens is 1. The number of amides is 2. The molecule has 0 aromatic heterocycles. The SMILES string of the molecule is CCCCCN1C(=O)C(c2ccc(F)cc2)=C(N2CCCC(CO)C2)C1=O. The van der Waals surface area contributed by atoms with Gasteiger partial charge >= 0.3 is 0 Å². The molecule has 0 saturated carbocycles. The zero-order chi connectivity index (χ0) is 19.4. The molecule has 0 bridgehead atoms. The van der Waals surface area contributed by atoms with Gasteiger partial charge in [-0.15, -0.1) is 0 Å². The van der Waals surface area contributed by atoms with Gasteiger partial charge in [0.25, 0.3) is 11.8 Å². The molecule has 1 aromatic carbocycles. The van der Waals surface area contributed by atoms with E-state index in [4.69, 9.17) is 0 Å². The van der Waals surface area contributed by atoms with Crippen LogP contribution in [0.2, 0.25) is 0 Å². The van der Waals surface area contributed by atoms with Crippen LogP contribution in [0.1, 0.15) is 44.6 Å². The van der Waals surface area contributed by atoms with Crippen LogP contribution in [0.25, 0.3) is 5.57 Å². The van der Waals surface area contributed by atoms with Crippen molar-refractivity contribution in [2.24, 2.45) is 5.92 Å². The number of aliphatic hydroxyl groups excluding tert-OH is 1. The maximum atomic E-state index is 13.4. The maximum Gasteiger partial charge on any atom is 0.277 e. The molecule has 1 unspecified atom stereocenters. The van der Waals surface area contributed by atoms with Crippen molar-refractivity contribution in [3.63, 3.8) is 0 Å². The van der Waals surface area contributed by atoms with Crippen molar-refractivity contribution < 1.29 is 19.1 Å². The van der Waals surface area contributed by atoms with Crippen LogP contribution in [0.15, 0.2) is 30.0 Å². The second kappa shape index (κ2) is 8.65. The van der Waals surface area contributed by atoms with Crippen LogP contribution < -0.4 is 0 Å². The van der Waals surface area contributed by atoms with Crippen LogP contribution >= 0.6 is 0 Å². The molecule has 1 N–H and O–H groups in total. The molecule has 1 saturated heterocycles. The number of carbonyl (C=O) groups excluding carboxylic acids is 2. The highest BCUT2D eigenvalue weighted by atomic mass is 19.1. The summed E-state index contributed by atoms with van der Waals surface area (Å²) in [7, 11) is 0. The highest BCUT2D eigenvalue weighted by Gasteiger charge is 2.42. The minimum Gasteiger partial charge on any atom is -0.396 e. The summed E-state index contributed by atoms with van der Waals surface area (Å²) in [5.41, 5.74) is 1.32. The van der Waals surface area contributed by atoms with Gasteiger partial charge in [-0.1, -0.05) is 31.9 Å². The minimum atomic E-state index is -0.379. The van der Waals surface area contributed by atoms with Crippen LogP contribution in [0.5, 0.6) is 0 Å². The quantitative estimate of drug-likeness (QED) is 0.589. The molecular weight excluding hydrogens is 347 g/mol. The first-order valence-corrected chi connectivity index (χ1v) is 9.79. The van der Waals surface area contributed by atoms with E-state index in [0.717, 1.165) is 32.1 Å². The zero-order valence-electron chi connectivity index (χ0n) is 15.8. The third kappa shape index (κ3) is 4.05. The number of carbonyl (C=O) groups is 2. The highest BCUT2D eigenvalue weighted by Crippen LogP contribution is 2.34. The minimum absolute atomic E-state index is 0.0675. The van der Waals surface area contributed by atoms with Crippen molar-refractivity contribution in [2.45, 2.75) is 39.0 Å². The molecule has 0 radical (unpaired) electrons. The van der Waals surface area contributed by atoms with Crippen molar-refractivity contribution >= 4 is 17.4 Å². The first-order chi connectivity index (χ1) is 13.1. The lowest BCUT2D eigenvalue weighted by Crippen LogP contribution is -2.40. The number of unbranched alkanes of at least 4 members (excludes halogenated alkanes) is 2. The fourth-order valence-corrected chi connectivity index (χ4v) is 3.87. The van der Waals surface area contributed by atoms with E-state index in [1.807, 2.05) is 4.90 Å². The van der Waals surface area contributed by atoms with E-state index < -0.39 is 0 Å². The summed E-state index contributed by atoms with van der Waals surface area (Å²) < 4.78 is 13.4. The van der Waals surface area contributed by atoms with Crippen LogP contribution in [0.4, 0.5) is 4.39 Å². The summed E-state index contributed by atoms with van der Waals surface area (Å²) in [6.45, 7) is 3.77. The van der Waals surface area contributed by atoms with Gasteiger partial charge in [-0.2, -0.15) is 0 Å². The molecule has 2 amide bonds. The lowest BCUT2D eigenvalue weighted by Gasteiger charge is -2.34. The van der Waals surface area contributed by atoms with Gasteiger partial charge in [-0.05, 0) is 42.9 Å². The predicted octanol–water partition coefficient (Wildman–Crippen LogP) is 2.80. The molecule has 1 fully saturated rings. The number of hydrogen-bond acceptors (Lipinski definition) is 4. The van der Waals surface area contributed by atoms with E-state index in [-0.39, 0.29) is 30.2 Å². The van der Waals surface area contributed by atoms with E-state index in [1.54, 1.807) is 12.1 Å². The molecule has 146 valence electrons. The number of aliphatic hydroxyl groups is 1. The number of benzene rings is 1. The molecule has 0 aliphatic carbocycles. The summed E-state index contributed by atoms with van der Waals surface area (Å²) >= 11 is 0. The smallest absolute Gasteiger partial charge is 0.277 e. The van der Waals surface area contributed by atoms with Crippen molar-refractivity contribution in [2.75, 3.05) is 26.2 Å². The molecule has 1 atom stereocenters. The molecular formula is C21H27FN2O3. The molecule has 6 heteroatoms. The second-order valence-electron chi connectivity index (χ2n) is 7.34. The number of hydrogen-bond donors (Lipinski definition) is 1. The number of rotatable bonds is 7. The summed E-state index contributed by atoms with van der Waals surface area (Å²) in [4.78, 5) is 29.5. The lowest BCUT2D eigenvalue weighted by molar-refractivity contribution is -0.137. The Bertz CT molecular complexity index is 729. The standard InChI is InChI=1S/C21H27FN2O3/c1-2-3-4-12-24-20(26)18(16-7-9-17(22)10-8-16)19(21(24)27)23-11-5-6-15(13-23)14-25/h7-10,15,25H,2-6,11-14H2,1H3. The van der Waals surface area contributed by atoms with E-state index >= 15 is 0 Å². The van der Waals surface area contributed by atoms with Crippen molar-refractivity contribution in [3.8, 4) is 0 Å². The first kappa shape index (κ1) is 19.5. The molecule has 2 aliphatic rings. The Balaban J connectivity index is 1.97. The van der Waals surface area contributed by atoms with E-state index in [9.17, 15) is 19.1 Å². The van der Waals surface area contributed by atoms with E-state index in [0.29, 0.717) is 36.5 Å². The number of nitrogens with zero attached hydrogens (tertiary/aromatic N) is 2. The van der Waals surface area contributed by atoms with E-state index in [2.05, 4.69) is 6.92 Å². The van der Waals surface area contributed by atoms with Gasteiger partial charge in [0.05, 0.1) is 5.57 Å². The second-order valence-corrected chi connectivity index (χ2v) is 7.34. The van der Waals surface area contributed by atoms with Crippen molar-refractivity contribution in [1.82, 2.24) is 9.80 Å². The van der Waals surface area contributed by atoms with Crippen molar-refractivity contribution in [1.29, 1.82) is 0 Å². The zero-order valence-corrected chi connectivity index (χ0v) is 15.8. The Morgan fingerprint density at radius 3 is 2.56 bits per heavy atom. The number of imide groups is 1. The number of likely N-dealkylation sites (tertiary alicyclic amines) is 1. The van der Waals surface area contributed by atoms with Gasteiger partial charge in [-0.25, -0.2) is 4.39 Å². The summed E-state index contributed by atoms with van der Waals surface area (Å²) in [5, 5.41) is 9.53. The first-order valence-electron chi connectivity index (χ1n) is 9.79. The van der Waals surface area contributed by atoms with Crippen LogP contribution in [-0.2, 0) is 9.59 Å². The Hall–Kier alpha value is -2.21. The van der Waals surface area contributed by atoms with Gasteiger partial charge in [0.2, 0.25) is 0 Å². The van der Waals surface area contributed by atoms with Crippen LogP contribution in [0, 0.1) is 11.7 Å². The van der Waals surface area contributed by atoms with Crippen molar-refractivity contribution in [3.05, 3.63) is 41.3 Å². The summed E-state index contributed by atoms with van der Waals surface area (Å²) in [5.74, 6) is -0.855. The largest absolute Gasteiger partial charge is 0.396 e. The molecule has 3 rings (SSSR count). The van der Waals surface area contributed by atoms with Gasteiger partial charge < -0.3 is 10.0 Å². The lowest BCUT2D eigenvalue weighted by atomic mass is 9.97. The molecule has 2 aliphatic heterocycles. The Morgan fingerprint density at radius 1 is 1.15 bits per heavy atom. The normalized spacial score (nSPS) is 20.8. The number of piperidine rings is 1. The maximum absolute atomic E-state index is 13.4. The van der Waals surface area contributed by atoms with Gasteiger partial charge in [0.15, 0.2) is 0 Å². The van der Waals surface area contributed by atoms with E-state index in [1.165, 1.54) is 17.0 Å². The average Bonchev–Trinajstić information content (AvgIpc) is 2.93. The fourth-order valence-electron chi connectivity index (χ4n) is 3.87. The van der Waals surface area contributed by atoms with Gasteiger partial charge in [-0.3, -0.25) is 14.5 Å². The van der Waals surface area contributed by atoms with Crippen LogP contribution in [-0.4, -0.2) is 53.0 Å². The topological polar surface area (TPSA) is 60.9 Å². The third-order valence-corrected chi connectivity index (χ3v) is 5.36. The summed E-state index contributed by atoms with van der Waals surface area (Å²) in [6, 6.07) is 5.73. The average molecular weight is 374 g/mol. The van der Waals surface area contributed by atoms with Gasteiger partial charge in [0, 0.05) is 26.2 Å². The monoisotopic (exact) mass is 374 g/mol. The third-order valence-electron chi connectivity index (χ3n) is 5.36. The molecule has 5 nitrogen and oxygen atoms in total. The predicted molar refractivity (Wildman–Crippen MR) is 101 cm³/mol. The molecule has 1 aromatic rings. The molecule has 27 heavy (non-hydrogen) atoms. The highest BCUT2D eigenvalue weighted by molar-refractivity contribution is 6.35. The fraction of sp³-hybridized carbons (Fsp3) is 0.524. The molecule has 0 spiro atoms. The van der Waals surface area contributed by atoms with Gasteiger partial charge in [0.1, 0.15) is 11.5 Å². The van der Waals surface area contributed by atoms with Crippen LogP contribution in [0.3, 0.4) is 0 Å². The summed E-state index contributed by atoms with van der Waals surface area (Å²) in [6.07, 6.45) is 4.51. The Labute approximate surface area is 159 Å². The Morgan fingerprint density at radius 2 is 1.89 bits per heavy atom.